The van der Waals surface area contributed by atoms with Crippen molar-refractivity contribution >= 4 is 34.7 Å². The lowest BCUT2D eigenvalue weighted by atomic mass is 9.90. The zero-order valence-electron chi connectivity index (χ0n) is 15.4. The van der Waals surface area contributed by atoms with Gasteiger partial charge in [-0.2, -0.15) is 0 Å². The molecule has 0 radical (unpaired) electrons. The molecule has 3 rings (SSSR count). The molecule has 28 heavy (non-hydrogen) atoms. The number of carbonyl (C=O) groups excluding carboxylic acids is 2. The molecule has 0 unspecified atom stereocenters. The summed E-state index contributed by atoms with van der Waals surface area (Å²) in [5, 5.41) is 5.93. The highest BCUT2D eigenvalue weighted by molar-refractivity contribution is 7.80. The molecule has 3 aromatic rings. The second kappa shape index (κ2) is 9.06. The van der Waals surface area contributed by atoms with Gasteiger partial charge in [0.15, 0.2) is 10.9 Å². The van der Waals surface area contributed by atoms with Gasteiger partial charge in [-0.15, -0.1) is 0 Å². The summed E-state index contributed by atoms with van der Waals surface area (Å²) >= 11 is 5.31. The van der Waals surface area contributed by atoms with Crippen LogP contribution in [0.5, 0.6) is 0 Å². The fourth-order valence-electron chi connectivity index (χ4n) is 2.95. The van der Waals surface area contributed by atoms with Crippen molar-refractivity contribution in [3.8, 4) is 0 Å². The molecule has 0 aliphatic rings. The number of amides is 1. The van der Waals surface area contributed by atoms with Crippen molar-refractivity contribution in [2.45, 2.75) is 12.8 Å². The molecule has 2 N–H and O–H groups in total. The van der Waals surface area contributed by atoms with E-state index in [9.17, 15) is 9.59 Å². The summed E-state index contributed by atoms with van der Waals surface area (Å²) in [6.07, 6.45) is 0. The number of Topliss-reactive ketones (excluding diaryl/α,β-unsaturated/α-hetero) is 1. The van der Waals surface area contributed by atoms with Gasteiger partial charge in [0.25, 0.3) is 0 Å². The second-order valence-electron chi connectivity index (χ2n) is 6.33. The van der Waals surface area contributed by atoms with Gasteiger partial charge in [-0.25, -0.2) is 0 Å². The molecule has 3 aromatic carbocycles. The average Bonchev–Trinajstić information content (AvgIpc) is 2.70. The molecule has 0 fully saturated rings. The number of hydrogen-bond donors (Lipinski definition) is 2. The van der Waals surface area contributed by atoms with Crippen LogP contribution in [0.2, 0.25) is 0 Å². The monoisotopic (exact) mass is 388 g/mol. The van der Waals surface area contributed by atoms with E-state index in [0.717, 1.165) is 11.1 Å². The van der Waals surface area contributed by atoms with Crippen LogP contribution in [0, 0.1) is 0 Å². The predicted molar refractivity (Wildman–Crippen MR) is 116 cm³/mol. The maximum atomic E-state index is 13.0. The van der Waals surface area contributed by atoms with Crippen molar-refractivity contribution < 1.29 is 9.59 Å². The van der Waals surface area contributed by atoms with Crippen LogP contribution in [0.25, 0.3) is 0 Å². The van der Waals surface area contributed by atoms with E-state index in [2.05, 4.69) is 10.6 Å². The molecule has 1 amide bonds. The lowest BCUT2D eigenvalue weighted by molar-refractivity contribution is -0.120. The Bertz CT molecular complexity index is 948. The first-order valence-corrected chi connectivity index (χ1v) is 9.28. The second-order valence-corrected chi connectivity index (χ2v) is 6.74. The van der Waals surface area contributed by atoms with Crippen LogP contribution in [0.4, 0.5) is 5.69 Å². The fourth-order valence-corrected chi connectivity index (χ4v) is 3.17. The topological polar surface area (TPSA) is 58.2 Å². The van der Waals surface area contributed by atoms with Gasteiger partial charge in [0.2, 0.25) is 5.91 Å². The molecule has 0 aliphatic heterocycles. The highest BCUT2D eigenvalue weighted by atomic mass is 32.1. The van der Waals surface area contributed by atoms with Crippen molar-refractivity contribution in [1.29, 1.82) is 0 Å². The smallest absolute Gasteiger partial charge is 0.238 e. The summed E-state index contributed by atoms with van der Waals surface area (Å²) in [5.74, 6) is -0.741. The SMILES string of the molecule is CC(=O)c1cccc(NC(=S)NC(=O)C(c2ccccc2)c2ccccc2)c1. The van der Waals surface area contributed by atoms with Gasteiger partial charge in [0.1, 0.15) is 0 Å². The van der Waals surface area contributed by atoms with E-state index in [1.54, 1.807) is 24.3 Å². The highest BCUT2D eigenvalue weighted by Gasteiger charge is 2.23. The van der Waals surface area contributed by atoms with Gasteiger partial charge in [0, 0.05) is 11.3 Å². The number of nitrogens with one attached hydrogen (secondary N) is 2. The normalized spacial score (nSPS) is 10.4. The molecule has 0 saturated heterocycles. The number of ketones is 1. The van der Waals surface area contributed by atoms with Crippen molar-refractivity contribution in [3.63, 3.8) is 0 Å². The summed E-state index contributed by atoms with van der Waals surface area (Å²) in [6, 6.07) is 26.1. The van der Waals surface area contributed by atoms with Crippen LogP contribution in [0.3, 0.4) is 0 Å². The van der Waals surface area contributed by atoms with Gasteiger partial charge < -0.3 is 10.6 Å². The quantitative estimate of drug-likeness (QED) is 0.498. The Hall–Kier alpha value is -3.31. The molecule has 140 valence electrons. The largest absolute Gasteiger partial charge is 0.332 e. The summed E-state index contributed by atoms with van der Waals surface area (Å²) in [6.45, 7) is 1.50. The minimum atomic E-state index is -0.481. The van der Waals surface area contributed by atoms with Gasteiger partial charge in [0.05, 0.1) is 5.92 Å². The lowest BCUT2D eigenvalue weighted by Crippen LogP contribution is -2.37. The Kier molecular flexibility index (Phi) is 6.29. The molecule has 0 aromatic heterocycles. The van der Waals surface area contributed by atoms with E-state index >= 15 is 0 Å². The standard InChI is InChI=1S/C23H20N2O2S/c1-16(26)19-13-8-14-20(15-19)24-23(28)25-22(27)21(17-9-4-2-5-10-17)18-11-6-3-7-12-18/h2-15,21H,1H3,(H2,24,25,27,28). The number of hydrogen-bond acceptors (Lipinski definition) is 3. The summed E-state index contributed by atoms with van der Waals surface area (Å²) in [5.41, 5.74) is 2.99. The third-order valence-corrected chi connectivity index (χ3v) is 4.50. The minimum absolute atomic E-state index is 0.0353. The van der Waals surface area contributed by atoms with E-state index in [-0.39, 0.29) is 16.8 Å². The maximum Gasteiger partial charge on any atom is 0.238 e. The predicted octanol–water partition coefficient (Wildman–Crippen LogP) is 4.53. The average molecular weight is 388 g/mol. The molecule has 0 aliphatic carbocycles. The number of thiocarbonyl (C=S) groups is 1. The number of carbonyl (C=O) groups is 2. The van der Waals surface area contributed by atoms with Crippen molar-refractivity contribution in [3.05, 3.63) is 102 Å². The van der Waals surface area contributed by atoms with Crippen LogP contribution in [-0.4, -0.2) is 16.8 Å². The summed E-state index contributed by atoms with van der Waals surface area (Å²) in [4.78, 5) is 24.6. The summed E-state index contributed by atoms with van der Waals surface area (Å²) in [7, 11) is 0. The Morgan fingerprint density at radius 3 is 1.93 bits per heavy atom. The molecule has 0 atom stereocenters. The number of anilines is 1. The van der Waals surface area contributed by atoms with Crippen molar-refractivity contribution in [1.82, 2.24) is 5.32 Å². The van der Waals surface area contributed by atoms with Crippen molar-refractivity contribution in [2.75, 3.05) is 5.32 Å². The van der Waals surface area contributed by atoms with E-state index in [0.29, 0.717) is 11.3 Å². The molecular formula is C23H20N2O2S. The van der Waals surface area contributed by atoms with E-state index < -0.39 is 5.92 Å². The van der Waals surface area contributed by atoms with E-state index in [4.69, 9.17) is 12.2 Å². The maximum absolute atomic E-state index is 13.0. The Labute approximate surface area is 169 Å². The van der Waals surface area contributed by atoms with Crippen molar-refractivity contribution in [2.24, 2.45) is 0 Å². The first-order valence-electron chi connectivity index (χ1n) is 8.87. The number of rotatable bonds is 5. The van der Waals surface area contributed by atoms with E-state index in [1.165, 1.54) is 6.92 Å². The third-order valence-electron chi connectivity index (χ3n) is 4.29. The van der Waals surface area contributed by atoms with Crippen LogP contribution in [-0.2, 0) is 4.79 Å². The Balaban J connectivity index is 1.78. The first kappa shape index (κ1) is 19.5. The fraction of sp³-hybridized carbons (Fsp3) is 0.0870. The summed E-state index contributed by atoms with van der Waals surface area (Å²) < 4.78 is 0. The molecule has 0 heterocycles. The van der Waals surface area contributed by atoms with Gasteiger partial charge >= 0.3 is 0 Å². The highest BCUT2D eigenvalue weighted by Crippen LogP contribution is 2.24. The molecule has 0 saturated carbocycles. The zero-order valence-corrected chi connectivity index (χ0v) is 16.2. The van der Waals surface area contributed by atoms with Gasteiger partial charge in [-0.1, -0.05) is 72.8 Å². The van der Waals surface area contributed by atoms with Crippen LogP contribution >= 0.6 is 12.2 Å². The lowest BCUT2D eigenvalue weighted by Gasteiger charge is -2.18. The third kappa shape index (κ3) is 4.90. The number of benzene rings is 3. The first-order chi connectivity index (χ1) is 13.5. The van der Waals surface area contributed by atoms with Crippen LogP contribution in [0.1, 0.15) is 34.3 Å². The Morgan fingerprint density at radius 1 is 0.821 bits per heavy atom. The van der Waals surface area contributed by atoms with Gasteiger partial charge in [-0.3, -0.25) is 9.59 Å². The van der Waals surface area contributed by atoms with Crippen LogP contribution < -0.4 is 10.6 Å². The zero-order chi connectivity index (χ0) is 19.9. The molecular weight excluding hydrogens is 368 g/mol. The van der Waals surface area contributed by atoms with E-state index in [1.807, 2.05) is 60.7 Å². The molecule has 0 bridgehead atoms. The van der Waals surface area contributed by atoms with Gasteiger partial charge in [-0.05, 0) is 42.4 Å². The molecule has 0 spiro atoms. The molecule has 4 nitrogen and oxygen atoms in total. The van der Waals surface area contributed by atoms with Crippen LogP contribution in [0.15, 0.2) is 84.9 Å². The molecule has 5 heteroatoms. The minimum Gasteiger partial charge on any atom is -0.332 e. The Morgan fingerprint density at radius 2 is 1.39 bits per heavy atom.